The summed E-state index contributed by atoms with van der Waals surface area (Å²) in [6.07, 6.45) is 2.65. The van der Waals surface area contributed by atoms with E-state index in [1.54, 1.807) is 0 Å². The van der Waals surface area contributed by atoms with Crippen LogP contribution >= 0.6 is 15.9 Å². The maximum absolute atomic E-state index is 11.5. The zero-order valence-corrected chi connectivity index (χ0v) is 12.6. The van der Waals surface area contributed by atoms with Gasteiger partial charge in [-0.1, -0.05) is 15.9 Å². The summed E-state index contributed by atoms with van der Waals surface area (Å²) < 4.78 is 6.67. The Morgan fingerprint density at radius 3 is 2.95 bits per heavy atom. The fraction of sp³-hybridized carbons (Fsp3) is 0.500. The predicted molar refractivity (Wildman–Crippen MR) is 78.2 cm³/mol. The molecule has 0 unspecified atom stereocenters. The fourth-order valence-corrected chi connectivity index (χ4v) is 2.14. The van der Waals surface area contributed by atoms with Gasteiger partial charge in [0, 0.05) is 17.1 Å². The topological polar surface area (TPSA) is 50.4 Å². The van der Waals surface area contributed by atoms with Crippen molar-refractivity contribution in [1.82, 2.24) is 10.6 Å². The maximum atomic E-state index is 11.5. The lowest BCUT2D eigenvalue weighted by Crippen LogP contribution is -2.26. The Morgan fingerprint density at radius 1 is 1.47 bits per heavy atom. The first kappa shape index (κ1) is 14.3. The third kappa shape index (κ3) is 4.84. The first-order valence-electron chi connectivity index (χ1n) is 6.54. The van der Waals surface area contributed by atoms with Crippen molar-refractivity contribution in [2.45, 2.75) is 31.8 Å². The monoisotopic (exact) mass is 326 g/mol. The SMILES string of the molecule is CNCc1cc(OCCC(=O)NC2CC2)ccc1Br. The van der Waals surface area contributed by atoms with E-state index in [2.05, 4.69) is 26.6 Å². The quantitative estimate of drug-likeness (QED) is 0.807. The Labute approximate surface area is 122 Å². The molecule has 1 aromatic carbocycles. The van der Waals surface area contributed by atoms with Crippen LogP contribution < -0.4 is 15.4 Å². The van der Waals surface area contributed by atoms with E-state index in [0.717, 1.165) is 35.2 Å². The predicted octanol–water partition coefficient (Wildman–Crippen LogP) is 2.22. The number of benzene rings is 1. The first-order valence-corrected chi connectivity index (χ1v) is 7.33. The lowest BCUT2D eigenvalue weighted by Gasteiger charge is -2.09. The molecule has 0 aromatic heterocycles. The number of rotatable bonds is 7. The molecule has 1 aromatic rings. The number of hydrogen-bond donors (Lipinski definition) is 2. The highest BCUT2D eigenvalue weighted by Gasteiger charge is 2.22. The molecular formula is C14H19BrN2O2. The van der Waals surface area contributed by atoms with Gasteiger partial charge in [-0.15, -0.1) is 0 Å². The molecule has 2 rings (SSSR count). The lowest BCUT2D eigenvalue weighted by atomic mass is 10.2. The van der Waals surface area contributed by atoms with Crippen LogP contribution in [0.5, 0.6) is 5.75 Å². The molecule has 1 saturated carbocycles. The highest BCUT2D eigenvalue weighted by Crippen LogP contribution is 2.23. The summed E-state index contributed by atoms with van der Waals surface area (Å²) in [7, 11) is 1.90. The Morgan fingerprint density at radius 2 is 2.26 bits per heavy atom. The summed E-state index contributed by atoms with van der Waals surface area (Å²) in [6.45, 7) is 1.19. The Hall–Kier alpha value is -1.07. The second-order valence-electron chi connectivity index (χ2n) is 4.72. The minimum absolute atomic E-state index is 0.0788. The summed E-state index contributed by atoms with van der Waals surface area (Å²) >= 11 is 3.50. The highest BCUT2D eigenvalue weighted by atomic mass is 79.9. The third-order valence-electron chi connectivity index (χ3n) is 2.92. The van der Waals surface area contributed by atoms with Gasteiger partial charge in [0.05, 0.1) is 13.0 Å². The van der Waals surface area contributed by atoms with Crippen molar-refractivity contribution < 1.29 is 9.53 Å². The van der Waals surface area contributed by atoms with Crippen LogP contribution in [0.4, 0.5) is 0 Å². The molecule has 1 aliphatic rings. The van der Waals surface area contributed by atoms with E-state index in [1.165, 1.54) is 0 Å². The summed E-state index contributed by atoms with van der Waals surface area (Å²) in [5, 5.41) is 6.05. The van der Waals surface area contributed by atoms with Gasteiger partial charge < -0.3 is 15.4 Å². The second-order valence-corrected chi connectivity index (χ2v) is 5.58. The van der Waals surface area contributed by atoms with Gasteiger partial charge in [0.15, 0.2) is 0 Å². The minimum Gasteiger partial charge on any atom is -0.493 e. The van der Waals surface area contributed by atoms with E-state index in [1.807, 2.05) is 25.2 Å². The molecule has 0 spiro atoms. The van der Waals surface area contributed by atoms with Crippen molar-refractivity contribution in [2.24, 2.45) is 0 Å². The van der Waals surface area contributed by atoms with Gasteiger partial charge >= 0.3 is 0 Å². The summed E-state index contributed by atoms with van der Waals surface area (Å²) in [5.41, 5.74) is 1.14. The van der Waals surface area contributed by atoms with Crippen LogP contribution in [0.2, 0.25) is 0 Å². The number of ether oxygens (including phenoxy) is 1. The molecule has 0 radical (unpaired) electrons. The standard InChI is InChI=1S/C14H19BrN2O2/c1-16-9-10-8-12(4-5-13(10)15)19-7-6-14(18)17-11-2-3-11/h4-5,8,11,16H,2-3,6-7,9H2,1H3,(H,17,18). The zero-order valence-electron chi connectivity index (χ0n) is 11.0. The number of halogens is 1. The Balaban J connectivity index is 1.78. The van der Waals surface area contributed by atoms with Gasteiger partial charge in [-0.2, -0.15) is 0 Å². The summed E-state index contributed by atoms with van der Waals surface area (Å²) in [4.78, 5) is 11.5. The van der Waals surface area contributed by atoms with Crippen LogP contribution in [0.25, 0.3) is 0 Å². The van der Waals surface area contributed by atoms with Crippen molar-refractivity contribution in [3.63, 3.8) is 0 Å². The Kier molecular flexibility index (Phi) is 5.22. The summed E-state index contributed by atoms with van der Waals surface area (Å²) in [6, 6.07) is 6.27. The van der Waals surface area contributed by atoms with Crippen LogP contribution in [0, 0.1) is 0 Å². The molecule has 1 fully saturated rings. The van der Waals surface area contributed by atoms with Crippen LogP contribution in [-0.2, 0) is 11.3 Å². The van der Waals surface area contributed by atoms with E-state index in [0.29, 0.717) is 19.1 Å². The molecule has 0 aliphatic heterocycles. The molecule has 4 nitrogen and oxygen atoms in total. The molecule has 2 N–H and O–H groups in total. The van der Waals surface area contributed by atoms with E-state index < -0.39 is 0 Å². The third-order valence-corrected chi connectivity index (χ3v) is 3.70. The van der Waals surface area contributed by atoms with Gasteiger partial charge in [0.1, 0.15) is 5.75 Å². The maximum Gasteiger partial charge on any atom is 0.223 e. The van der Waals surface area contributed by atoms with E-state index in [4.69, 9.17) is 4.74 Å². The number of carbonyl (C=O) groups excluding carboxylic acids is 1. The van der Waals surface area contributed by atoms with Crippen molar-refractivity contribution in [2.75, 3.05) is 13.7 Å². The van der Waals surface area contributed by atoms with Crippen LogP contribution in [0.15, 0.2) is 22.7 Å². The largest absolute Gasteiger partial charge is 0.493 e. The fourth-order valence-electron chi connectivity index (χ4n) is 1.76. The molecule has 104 valence electrons. The zero-order chi connectivity index (χ0) is 13.7. The Bertz CT molecular complexity index is 447. The van der Waals surface area contributed by atoms with Gasteiger partial charge in [-0.25, -0.2) is 0 Å². The first-order chi connectivity index (χ1) is 9.19. The average Bonchev–Trinajstić information content (AvgIpc) is 3.17. The van der Waals surface area contributed by atoms with Crippen molar-refractivity contribution in [3.8, 4) is 5.75 Å². The van der Waals surface area contributed by atoms with E-state index in [9.17, 15) is 4.79 Å². The van der Waals surface area contributed by atoms with Gasteiger partial charge in [0.2, 0.25) is 5.91 Å². The second kappa shape index (κ2) is 6.91. The molecule has 5 heteroatoms. The molecule has 0 atom stereocenters. The van der Waals surface area contributed by atoms with Crippen LogP contribution in [0.1, 0.15) is 24.8 Å². The van der Waals surface area contributed by atoms with Crippen molar-refractivity contribution in [3.05, 3.63) is 28.2 Å². The average molecular weight is 327 g/mol. The van der Waals surface area contributed by atoms with Gasteiger partial charge in [-0.3, -0.25) is 4.79 Å². The summed E-state index contributed by atoms with van der Waals surface area (Å²) in [5.74, 6) is 0.878. The van der Waals surface area contributed by atoms with Crippen LogP contribution in [-0.4, -0.2) is 25.6 Å². The molecule has 1 amide bonds. The van der Waals surface area contributed by atoms with E-state index in [-0.39, 0.29) is 5.91 Å². The lowest BCUT2D eigenvalue weighted by molar-refractivity contribution is -0.121. The van der Waals surface area contributed by atoms with Crippen LogP contribution in [0.3, 0.4) is 0 Å². The molecule has 0 bridgehead atoms. The van der Waals surface area contributed by atoms with Crippen molar-refractivity contribution in [1.29, 1.82) is 0 Å². The number of carbonyl (C=O) groups is 1. The van der Waals surface area contributed by atoms with Crippen molar-refractivity contribution >= 4 is 21.8 Å². The number of nitrogens with one attached hydrogen (secondary N) is 2. The van der Waals surface area contributed by atoms with Gasteiger partial charge in [0.25, 0.3) is 0 Å². The van der Waals surface area contributed by atoms with E-state index >= 15 is 0 Å². The molecule has 0 saturated heterocycles. The van der Waals surface area contributed by atoms with Gasteiger partial charge in [-0.05, 0) is 43.7 Å². The molecular weight excluding hydrogens is 308 g/mol. The molecule has 0 heterocycles. The normalized spacial score (nSPS) is 14.2. The number of amides is 1. The smallest absolute Gasteiger partial charge is 0.223 e. The number of hydrogen-bond acceptors (Lipinski definition) is 3. The minimum atomic E-state index is 0.0788. The molecule has 19 heavy (non-hydrogen) atoms. The molecule has 1 aliphatic carbocycles. The highest BCUT2D eigenvalue weighted by molar-refractivity contribution is 9.10.